The molecule has 0 aliphatic heterocycles. The van der Waals surface area contributed by atoms with Crippen molar-refractivity contribution in [3.05, 3.63) is 146 Å². The average Bonchev–Trinajstić information content (AvgIpc) is 3.76. The Labute approximate surface area is 262 Å². The van der Waals surface area contributed by atoms with E-state index >= 15 is 0 Å². The first-order chi connectivity index (χ1) is 22.8. The lowest BCUT2D eigenvalue weighted by molar-refractivity contribution is 1.02. The molecule has 0 unspecified atom stereocenters. The monoisotopic (exact) mass is 584 g/mol. The zero-order chi connectivity index (χ0) is 29.9. The molecule has 0 fully saturated rings. The minimum Gasteiger partial charge on any atom is -0.306 e. The molecule has 0 amide bonds. The van der Waals surface area contributed by atoms with Crippen LogP contribution in [0.5, 0.6) is 0 Å². The highest BCUT2D eigenvalue weighted by Crippen LogP contribution is 2.44. The van der Waals surface area contributed by atoms with E-state index in [1.54, 1.807) is 0 Å². The first kappa shape index (κ1) is 24.1. The molecular formula is C42H24N4. The molecule has 212 valence electrons. The Hall–Kier alpha value is -6.26. The van der Waals surface area contributed by atoms with Crippen LogP contribution in [0.3, 0.4) is 0 Å². The highest BCUT2D eigenvalue weighted by atomic mass is 15.2. The fourth-order valence-electron chi connectivity index (χ4n) is 7.89. The Morgan fingerprint density at radius 1 is 0.413 bits per heavy atom. The second-order valence-corrected chi connectivity index (χ2v) is 12.2. The Balaban J connectivity index is 1.30. The molecule has 0 aliphatic rings. The lowest BCUT2D eigenvalue weighted by Gasteiger charge is -2.13. The fourth-order valence-corrected chi connectivity index (χ4v) is 7.89. The van der Waals surface area contributed by atoms with Crippen LogP contribution in [-0.4, -0.2) is 18.9 Å². The summed E-state index contributed by atoms with van der Waals surface area (Å²) in [6.07, 6.45) is 0. The molecule has 0 saturated carbocycles. The maximum Gasteiger partial charge on any atom is 0.235 e. The first-order valence-corrected chi connectivity index (χ1v) is 15.7. The molecule has 0 atom stereocenters. The van der Waals surface area contributed by atoms with E-state index in [9.17, 15) is 0 Å². The van der Waals surface area contributed by atoms with Gasteiger partial charge in [-0.1, -0.05) is 115 Å². The second-order valence-electron chi connectivity index (χ2n) is 12.2. The van der Waals surface area contributed by atoms with Gasteiger partial charge in [0.1, 0.15) is 0 Å². The van der Waals surface area contributed by atoms with E-state index < -0.39 is 0 Å². The summed E-state index contributed by atoms with van der Waals surface area (Å²) in [5.41, 5.74) is 8.81. The molecule has 11 rings (SSSR count). The molecule has 4 heteroatoms. The molecule has 0 aliphatic carbocycles. The predicted octanol–water partition coefficient (Wildman–Crippen LogP) is 10.7. The summed E-state index contributed by atoms with van der Waals surface area (Å²) in [6.45, 7) is 0. The number of hydrogen-bond acceptors (Lipinski definition) is 2. The number of nitrogens with zero attached hydrogens (tertiary/aromatic N) is 4. The van der Waals surface area contributed by atoms with E-state index in [1.807, 2.05) is 0 Å². The van der Waals surface area contributed by atoms with Crippen molar-refractivity contribution in [2.45, 2.75) is 0 Å². The van der Waals surface area contributed by atoms with Crippen LogP contribution in [0.25, 0.3) is 98.8 Å². The van der Waals surface area contributed by atoms with Gasteiger partial charge in [-0.25, -0.2) is 9.97 Å². The van der Waals surface area contributed by atoms with Crippen molar-refractivity contribution in [1.82, 2.24) is 18.9 Å². The summed E-state index contributed by atoms with van der Waals surface area (Å²) >= 11 is 0. The van der Waals surface area contributed by atoms with E-state index in [0.717, 1.165) is 33.2 Å². The Kier molecular flexibility index (Phi) is 4.55. The molecule has 46 heavy (non-hydrogen) atoms. The number of benzene rings is 6. The Morgan fingerprint density at radius 3 is 1.96 bits per heavy atom. The number of aromatic nitrogens is 4. The molecule has 0 N–H and O–H groups in total. The van der Waals surface area contributed by atoms with Crippen LogP contribution in [0.4, 0.5) is 0 Å². The van der Waals surface area contributed by atoms with Crippen LogP contribution in [-0.2, 0) is 0 Å². The highest BCUT2D eigenvalue weighted by molar-refractivity contribution is 6.29. The van der Waals surface area contributed by atoms with Gasteiger partial charge in [0.2, 0.25) is 5.95 Å². The molecule has 0 saturated heterocycles. The molecule has 0 bridgehead atoms. The summed E-state index contributed by atoms with van der Waals surface area (Å²) in [5.74, 6) is 0.677. The third-order valence-electron chi connectivity index (χ3n) is 9.84. The number of para-hydroxylation sites is 2. The van der Waals surface area contributed by atoms with Crippen molar-refractivity contribution < 1.29 is 0 Å². The van der Waals surface area contributed by atoms with Crippen molar-refractivity contribution in [2.24, 2.45) is 0 Å². The van der Waals surface area contributed by atoms with Crippen molar-refractivity contribution >= 4 is 81.6 Å². The quantitative estimate of drug-likeness (QED) is 0.190. The van der Waals surface area contributed by atoms with E-state index in [4.69, 9.17) is 9.97 Å². The van der Waals surface area contributed by atoms with Gasteiger partial charge >= 0.3 is 0 Å². The van der Waals surface area contributed by atoms with Gasteiger partial charge in [-0.15, -0.1) is 0 Å². The van der Waals surface area contributed by atoms with Crippen LogP contribution in [0.1, 0.15) is 0 Å². The molecule has 4 nitrogen and oxygen atoms in total. The maximum absolute atomic E-state index is 5.46. The minimum absolute atomic E-state index is 0.677. The van der Waals surface area contributed by atoms with Crippen LogP contribution >= 0.6 is 0 Å². The van der Waals surface area contributed by atoms with Gasteiger partial charge in [0.25, 0.3) is 0 Å². The standard InChI is InChI=1S/C42H24N4/c1-2-11-28-25(10-1)20-21-26-22-23-27(24-33(26)28)39-31-14-5-7-16-34(31)43-42(44-39)46-36-17-8-6-15-32(36)38-37-19-9-18-35-29-12-3-4-13-30(29)40(41(38)46)45(35)37/h1-24H. The number of rotatable bonds is 2. The normalized spacial score (nSPS) is 12.3. The number of pyridine rings is 1. The van der Waals surface area contributed by atoms with E-state index in [2.05, 4.69) is 155 Å². The zero-order valence-electron chi connectivity index (χ0n) is 24.6. The fraction of sp³-hybridized carbons (Fsp3) is 0. The van der Waals surface area contributed by atoms with E-state index in [-0.39, 0.29) is 0 Å². The van der Waals surface area contributed by atoms with Gasteiger partial charge in [-0.2, -0.15) is 0 Å². The maximum atomic E-state index is 5.46. The van der Waals surface area contributed by atoms with Crippen LogP contribution in [0.15, 0.2) is 146 Å². The van der Waals surface area contributed by atoms with Gasteiger partial charge in [-0.05, 0) is 51.9 Å². The van der Waals surface area contributed by atoms with Crippen molar-refractivity contribution in [2.75, 3.05) is 0 Å². The third-order valence-corrected chi connectivity index (χ3v) is 9.84. The summed E-state index contributed by atoms with van der Waals surface area (Å²) in [6, 6.07) is 52.2. The molecular weight excluding hydrogens is 560 g/mol. The molecule has 11 aromatic rings. The van der Waals surface area contributed by atoms with Gasteiger partial charge in [-0.3, -0.25) is 4.57 Å². The Bertz CT molecular complexity index is 3030. The lowest BCUT2D eigenvalue weighted by Crippen LogP contribution is -2.03. The summed E-state index contributed by atoms with van der Waals surface area (Å²) in [7, 11) is 0. The van der Waals surface area contributed by atoms with Crippen molar-refractivity contribution in [3.63, 3.8) is 0 Å². The average molecular weight is 585 g/mol. The third kappa shape index (κ3) is 3.03. The molecule has 0 spiro atoms. The van der Waals surface area contributed by atoms with Crippen LogP contribution < -0.4 is 0 Å². The number of hydrogen-bond donors (Lipinski definition) is 0. The lowest BCUT2D eigenvalue weighted by atomic mass is 9.98. The van der Waals surface area contributed by atoms with Crippen LogP contribution in [0, 0.1) is 0 Å². The Morgan fingerprint density at radius 2 is 1.07 bits per heavy atom. The van der Waals surface area contributed by atoms with Crippen molar-refractivity contribution in [1.29, 1.82) is 0 Å². The molecule has 6 aromatic carbocycles. The van der Waals surface area contributed by atoms with Crippen LogP contribution in [0.2, 0.25) is 0 Å². The smallest absolute Gasteiger partial charge is 0.235 e. The summed E-state index contributed by atoms with van der Waals surface area (Å²) in [5, 5.41) is 10.9. The summed E-state index contributed by atoms with van der Waals surface area (Å²) in [4.78, 5) is 10.7. The second kappa shape index (κ2) is 8.68. The zero-order valence-corrected chi connectivity index (χ0v) is 24.6. The first-order valence-electron chi connectivity index (χ1n) is 15.7. The van der Waals surface area contributed by atoms with Gasteiger partial charge in [0.05, 0.1) is 38.8 Å². The number of fused-ring (bicyclic) bond motifs is 12. The molecule has 5 heterocycles. The topological polar surface area (TPSA) is 35.1 Å². The highest BCUT2D eigenvalue weighted by Gasteiger charge is 2.25. The minimum atomic E-state index is 0.677. The van der Waals surface area contributed by atoms with Gasteiger partial charge in [0.15, 0.2) is 0 Å². The van der Waals surface area contributed by atoms with E-state index in [0.29, 0.717) is 5.95 Å². The SMILES string of the molecule is c1ccc2c(c1)ccc1ccc(-c3nc(-n4c5ccccc5c5c4c4c6ccccc6c6cccc5n64)nc4ccccc34)cc12. The molecule has 0 radical (unpaired) electrons. The van der Waals surface area contributed by atoms with Gasteiger partial charge in [0, 0.05) is 32.5 Å². The largest absolute Gasteiger partial charge is 0.306 e. The molecule has 5 aromatic heterocycles. The summed E-state index contributed by atoms with van der Waals surface area (Å²) < 4.78 is 4.72. The van der Waals surface area contributed by atoms with E-state index in [1.165, 1.54) is 59.6 Å². The van der Waals surface area contributed by atoms with Crippen molar-refractivity contribution in [3.8, 4) is 17.2 Å². The predicted molar refractivity (Wildman–Crippen MR) is 191 cm³/mol. The van der Waals surface area contributed by atoms with Gasteiger partial charge < -0.3 is 4.40 Å².